The molecule has 0 bridgehead atoms. The van der Waals surface area contributed by atoms with E-state index in [2.05, 4.69) is 118 Å². The van der Waals surface area contributed by atoms with Crippen molar-refractivity contribution in [1.82, 2.24) is 0 Å². The first-order valence-corrected chi connectivity index (χ1v) is 31.7. The lowest BCUT2D eigenvalue weighted by Gasteiger charge is -2.18. The Morgan fingerprint density at radius 3 is 0.827 bits per heavy atom. The van der Waals surface area contributed by atoms with Crippen LogP contribution in [0.15, 0.2) is 97.2 Å². The van der Waals surface area contributed by atoms with E-state index in [1.54, 1.807) is 0 Å². The van der Waals surface area contributed by atoms with E-state index in [9.17, 15) is 14.4 Å². The van der Waals surface area contributed by atoms with Crippen molar-refractivity contribution in [2.75, 3.05) is 13.2 Å². The van der Waals surface area contributed by atoms with Gasteiger partial charge >= 0.3 is 17.9 Å². The first-order valence-electron chi connectivity index (χ1n) is 31.7. The summed E-state index contributed by atoms with van der Waals surface area (Å²) < 4.78 is 16.8. The van der Waals surface area contributed by atoms with Crippen molar-refractivity contribution in [2.24, 2.45) is 0 Å². The molecule has 0 aliphatic heterocycles. The highest BCUT2D eigenvalue weighted by Gasteiger charge is 2.19. The largest absolute Gasteiger partial charge is 0.462 e. The number of carbonyl (C=O) groups is 3. The van der Waals surface area contributed by atoms with Crippen LogP contribution in [0.5, 0.6) is 0 Å². The first kappa shape index (κ1) is 71.3. The highest BCUT2D eigenvalue weighted by molar-refractivity contribution is 5.71. The average molecular weight is 1040 g/mol. The van der Waals surface area contributed by atoms with Gasteiger partial charge in [-0.3, -0.25) is 14.4 Å². The summed E-state index contributed by atoms with van der Waals surface area (Å²) in [6.45, 7) is 6.48. The Morgan fingerprint density at radius 2 is 0.520 bits per heavy atom. The number of rotatable bonds is 57. The summed E-state index contributed by atoms with van der Waals surface area (Å²) in [5.41, 5.74) is 0. The number of carbonyl (C=O) groups excluding carboxylic acids is 3. The third-order valence-electron chi connectivity index (χ3n) is 13.6. The average Bonchev–Trinajstić information content (AvgIpc) is 3.41. The molecule has 0 spiro atoms. The van der Waals surface area contributed by atoms with Crippen molar-refractivity contribution in [2.45, 2.75) is 309 Å². The quantitative estimate of drug-likeness (QED) is 0.0261. The summed E-state index contributed by atoms with van der Waals surface area (Å²) in [6.07, 6.45) is 84.5. The van der Waals surface area contributed by atoms with E-state index < -0.39 is 6.10 Å². The fourth-order valence-corrected chi connectivity index (χ4v) is 8.83. The third-order valence-corrected chi connectivity index (χ3v) is 13.6. The summed E-state index contributed by atoms with van der Waals surface area (Å²) in [5, 5.41) is 0. The Labute approximate surface area is 464 Å². The molecule has 0 amide bonds. The van der Waals surface area contributed by atoms with Gasteiger partial charge in [0.15, 0.2) is 6.10 Å². The van der Waals surface area contributed by atoms with Crippen molar-refractivity contribution in [3.8, 4) is 0 Å². The molecule has 0 aliphatic rings. The zero-order valence-electron chi connectivity index (χ0n) is 49.3. The minimum atomic E-state index is -0.777. The van der Waals surface area contributed by atoms with Gasteiger partial charge in [-0.05, 0) is 103 Å². The standard InChI is InChI=1S/C69H118O6/c1-4-7-10-13-16-18-20-22-24-26-28-29-30-31-32-33-34-35-36-37-38-39-40-41-42-44-45-47-49-51-53-56-59-62-68(71)74-65-66(64-73-67(70)61-58-55-15-12-9-6-3)75-69(72)63-60-57-54-52-50-48-46-43-27-25-23-21-19-17-14-11-8-5-2/h7,10,16,18,22,24-25,27-29,31-32,34-35,37-38,66H,4-6,8-9,11-15,17,19-21,23,26,30,33,36,39-65H2,1-3H3/b10-7-,18-16-,24-22-,27-25-,29-28-,32-31-,35-34-,38-37-. The molecule has 0 fully saturated rings. The monoisotopic (exact) mass is 1040 g/mol. The Kier molecular flexibility index (Phi) is 59.8. The van der Waals surface area contributed by atoms with Crippen LogP contribution < -0.4 is 0 Å². The van der Waals surface area contributed by atoms with Gasteiger partial charge in [-0.2, -0.15) is 0 Å². The van der Waals surface area contributed by atoms with Crippen LogP contribution >= 0.6 is 0 Å². The van der Waals surface area contributed by atoms with Gasteiger partial charge in [0.2, 0.25) is 0 Å². The van der Waals surface area contributed by atoms with Crippen LogP contribution in [0.1, 0.15) is 303 Å². The number of ether oxygens (including phenoxy) is 3. The molecule has 0 saturated heterocycles. The van der Waals surface area contributed by atoms with Crippen molar-refractivity contribution in [3.05, 3.63) is 97.2 Å². The van der Waals surface area contributed by atoms with Gasteiger partial charge in [0, 0.05) is 19.3 Å². The van der Waals surface area contributed by atoms with E-state index in [-0.39, 0.29) is 31.1 Å². The lowest BCUT2D eigenvalue weighted by molar-refractivity contribution is -0.167. The highest BCUT2D eigenvalue weighted by atomic mass is 16.6. The molecule has 0 heterocycles. The molecule has 0 N–H and O–H groups in total. The van der Waals surface area contributed by atoms with Crippen LogP contribution in [-0.4, -0.2) is 37.2 Å². The molecule has 6 nitrogen and oxygen atoms in total. The maximum Gasteiger partial charge on any atom is 0.306 e. The maximum absolute atomic E-state index is 12.8. The van der Waals surface area contributed by atoms with Gasteiger partial charge in [0.1, 0.15) is 13.2 Å². The van der Waals surface area contributed by atoms with Gasteiger partial charge in [0.05, 0.1) is 0 Å². The Hall–Kier alpha value is -3.67. The zero-order chi connectivity index (χ0) is 54.3. The SMILES string of the molecule is CC/C=C\C/C=C\C/C=C\C/C=C\C/C=C\C/C=C\C/C=C\CCCCCCCCCCCCCC(=O)OCC(COC(=O)CCCCCCCC)OC(=O)CCCCCCCCC/C=C\CCCCCCCCC. The smallest absolute Gasteiger partial charge is 0.306 e. The van der Waals surface area contributed by atoms with E-state index in [0.717, 1.165) is 103 Å². The highest BCUT2D eigenvalue weighted by Crippen LogP contribution is 2.16. The Bertz CT molecular complexity index is 1480. The van der Waals surface area contributed by atoms with Crippen LogP contribution in [0.25, 0.3) is 0 Å². The molecule has 0 aromatic heterocycles. The second kappa shape index (κ2) is 62.9. The number of hydrogen-bond acceptors (Lipinski definition) is 6. The molecule has 75 heavy (non-hydrogen) atoms. The molecular formula is C69H118O6. The molecule has 6 heteroatoms. The van der Waals surface area contributed by atoms with Gasteiger partial charge in [0.25, 0.3) is 0 Å². The Balaban J connectivity index is 4.06. The molecule has 430 valence electrons. The molecule has 0 saturated carbocycles. The minimum absolute atomic E-state index is 0.0777. The van der Waals surface area contributed by atoms with E-state index in [1.807, 2.05) is 0 Å². The van der Waals surface area contributed by atoms with Crippen molar-refractivity contribution >= 4 is 17.9 Å². The van der Waals surface area contributed by atoms with Crippen LogP contribution in [0.3, 0.4) is 0 Å². The van der Waals surface area contributed by atoms with E-state index in [0.29, 0.717) is 19.3 Å². The van der Waals surface area contributed by atoms with Crippen LogP contribution in [-0.2, 0) is 28.6 Å². The fourth-order valence-electron chi connectivity index (χ4n) is 8.83. The fraction of sp³-hybridized carbons (Fsp3) is 0.725. The van der Waals surface area contributed by atoms with E-state index >= 15 is 0 Å². The number of esters is 3. The second-order valence-corrected chi connectivity index (χ2v) is 20.9. The van der Waals surface area contributed by atoms with Gasteiger partial charge in [-0.25, -0.2) is 0 Å². The van der Waals surface area contributed by atoms with Gasteiger partial charge in [-0.1, -0.05) is 279 Å². The molecule has 0 aromatic rings. The predicted octanol–water partition coefficient (Wildman–Crippen LogP) is 21.7. The Morgan fingerprint density at radius 1 is 0.280 bits per heavy atom. The number of hydrogen-bond donors (Lipinski definition) is 0. The maximum atomic E-state index is 12.8. The van der Waals surface area contributed by atoms with Crippen molar-refractivity contribution in [1.29, 1.82) is 0 Å². The number of allylic oxidation sites excluding steroid dienone is 16. The first-order chi connectivity index (χ1) is 37.0. The normalized spacial score (nSPS) is 12.7. The summed E-state index contributed by atoms with van der Waals surface area (Å²) in [4.78, 5) is 38.0. The predicted molar refractivity (Wildman–Crippen MR) is 325 cm³/mol. The molecule has 1 atom stereocenters. The minimum Gasteiger partial charge on any atom is -0.462 e. The lowest BCUT2D eigenvalue weighted by atomic mass is 10.0. The molecule has 0 aliphatic carbocycles. The summed E-state index contributed by atoms with van der Waals surface area (Å²) in [5.74, 6) is -0.887. The summed E-state index contributed by atoms with van der Waals surface area (Å²) >= 11 is 0. The topological polar surface area (TPSA) is 78.9 Å². The zero-order valence-corrected chi connectivity index (χ0v) is 49.3. The molecule has 0 radical (unpaired) electrons. The third kappa shape index (κ3) is 61.1. The van der Waals surface area contributed by atoms with Gasteiger partial charge < -0.3 is 14.2 Å². The van der Waals surface area contributed by atoms with Crippen LogP contribution in [0.4, 0.5) is 0 Å². The number of unbranched alkanes of at least 4 members (excludes halogenated alkanes) is 30. The van der Waals surface area contributed by atoms with Gasteiger partial charge in [-0.15, -0.1) is 0 Å². The van der Waals surface area contributed by atoms with Crippen LogP contribution in [0.2, 0.25) is 0 Å². The molecular weight excluding hydrogens is 925 g/mol. The van der Waals surface area contributed by atoms with Crippen molar-refractivity contribution < 1.29 is 28.6 Å². The van der Waals surface area contributed by atoms with E-state index in [1.165, 1.54) is 161 Å². The molecule has 0 rings (SSSR count). The van der Waals surface area contributed by atoms with E-state index in [4.69, 9.17) is 14.2 Å². The van der Waals surface area contributed by atoms with Crippen LogP contribution in [0, 0.1) is 0 Å². The lowest BCUT2D eigenvalue weighted by Crippen LogP contribution is -2.30. The summed E-state index contributed by atoms with van der Waals surface area (Å²) in [6, 6.07) is 0. The molecule has 1 unspecified atom stereocenters. The van der Waals surface area contributed by atoms with Crippen molar-refractivity contribution in [3.63, 3.8) is 0 Å². The molecule has 0 aromatic carbocycles. The summed E-state index contributed by atoms with van der Waals surface area (Å²) in [7, 11) is 0. The second-order valence-electron chi connectivity index (χ2n) is 20.9.